The molecule has 0 saturated heterocycles. The first kappa shape index (κ1) is 34.2. The van der Waals surface area contributed by atoms with Gasteiger partial charge >= 0.3 is 0 Å². The molecular formula is C56H38N2O2. The van der Waals surface area contributed by atoms with Crippen molar-refractivity contribution < 1.29 is 9.47 Å². The van der Waals surface area contributed by atoms with Crippen LogP contribution in [0.15, 0.2) is 194 Å². The second-order valence-electron chi connectivity index (χ2n) is 15.9. The largest absolute Gasteiger partial charge is 0.453 e. The average Bonchev–Trinajstić information content (AvgIpc) is 3.28. The molecule has 0 aliphatic carbocycles. The molecule has 2 aliphatic heterocycles. The van der Waals surface area contributed by atoms with E-state index in [1.165, 1.54) is 65.7 Å². The minimum atomic E-state index is 0.832. The highest BCUT2D eigenvalue weighted by atomic mass is 16.5. The first-order valence-corrected chi connectivity index (χ1v) is 20.5. The van der Waals surface area contributed by atoms with Crippen LogP contribution in [0.1, 0.15) is 11.1 Å². The fourth-order valence-corrected chi connectivity index (χ4v) is 9.61. The van der Waals surface area contributed by atoms with Crippen LogP contribution in [0.4, 0.5) is 34.1 Å². The van der Waals surface area contributed by atoms with E-state index in [1.54, 1.807) is 0 Å². The molecule has 10 aromatic rings. The molecule has 0 aromatic heterocycles. The molecule has 2 aliphatic rings. The zero-order chi connectivity index (χ0) is 39.9. The van der Waals surface area contributed by atoms with Crippen molar-refractivity contribution in [2.24, 2.45) is 0 Å². The summed E-state index contributed by atoms with van der Waals surface area (Å²) in [5, 5.41) is 7.17. The standard InChI is InChI=1S/C56H38N2O2/c1-35-30-36(2)32-38(31-35)55-43-28-26-40(58-49-20-7-11-24-53(49)60-54-25-12-8-21-50(54)58)34-46(43)56(42-17-13-15-37-14-3-4-16-41(37)42)44-29-27-39(33-45(44)55)57-47-18-5-9-22-51(47)59-52-23-10-6-19-48(52)57/h3-34H,1-2H3. The lowest BCUT2D eigenvalue weighted by Crippen LogP contribution is -2.16. The van der Waals surface area contributed by atoms with E-state index < -0.39 is 0 Å². The van der Waals surface area contributed by atoms with Crippen LogP contribution in [-0.2, 0) is 0 Å². The lowest BCUT2D eigenvalue weighted by molar-refractivity contribution is 0.477. The molecule has 0 amide bonds. The van der Waals surface area contributed by atoms with Crippen LogP contribution in [0, 0.1) is 13.8 Å². The Hall–Kier alpha value is -7.82. The second kappa shape index (κ2) is 13.4. The maximum atomic E-state index is 6.47. The Labute approximate surface area is 348 Å². The lowest BCUT2D eigenvalue weighted by atomic mass is 9.83. The number of rotatable bonds is 4. The molecule has 0 fully saturated rings. The van der Waals surface area contributed by atoms with Gasteiger partial charge in [-0.25, -0.2) is 0 Å². The Morgan fingerprint density at radius 3 is 1.30 bits per heavy atom. The summed E-state index contributed by atoms with van der Waals surface area (Å²) in [7, 11) is 0. The predicted octanol–water partition coefficient (Wildman–Crippen LogP) is 16.2. The van der Waals surface area contributed by atoms with Crippen LogP contribution in [0.5, 0.6) is 23.0 Å². The monoisotopic (exact) mass is 770 g/mol. The number of ether oxygens (including phenoxy) is 2. The van der Waals surface area contributed by atoms with Crippen molar-refractivity contribution in [3.05, 3.63) is 205 Å². The van der Waals surface area contributed by atoms with E-state index in [4.69, 9.17) is 9.47 Å². The van der Waals surface area contributed by atoms with E-state index in [2.05, 4.69) is 194 Å². The summed E-state index contributed by atoms with van der Waals surface area (Å²) in [6.45, 7) is 4.40. The van der Waals surface area contributed by atoms with Gasteiger partial charge in [-0.1, -0.05) is 132 Å². The van der Waals surface area contributed by atoms with Crippen LogP contribution in [-0.4, -0.2) is 0 Å². The van der Waals surface area contributed by atoms with Crippen LogP contribution < -0.4 is 19.3 Å². The summed E-state index contributed by atoms with van der Waals surface area (Å²) in [4.78, 5) is 4.69. The fraction of sp³-hybridized carbons (Fsp3) is 0.0357. The number of benzene rings is 10. The van der Waals surface area contributed by atoms with E-state index >= 15 is 0 Å². The maximum Gasteiger partial charge on any atom is 0.151 e. The Bertz CT molecular complexity index is 3270. The number of aryl methyl sites for hydroxylation is 2. The van der Waals surface area contributed by atoms with Gasteiger partial charge in [-0.15, -0.1) is 0 Å². The van der Waals surface area contributed by atoms with Crippen molar-refractivity contribution >= 4 is 66.4 Å². The smallest absolute Gasteiger partial charge is 0.151 e. The van der Waals surface area contributed by atoms with Gasteiger partial charge in [0.1, 0.15) is 0 Å². The fourth-order valence-electron chi connectivity index (χ4n) is 9.61. The molecule has 0 N–H and O–H groups in total. The molecule has 0 bridgehead atoms. The van der Waals surface area contributed by atoms with Crippen LogP contribution >= 0.6 is 0 Å². The summed E-state index contributed by atoms with van der Waals surface area (Å²) in [5.41, 5.74) is 13.4. The lowest BCUT2D eigenvalue weighted by Gasteiger charge is -2.33. The van der Waals surface area contributed by atoms with E-state index in [0.29, 0.717) is 0 Å². The summed E-state index contributed by atoms with van der Waals surface area (Å²) in [5.74, 6) is 3.33. The topological polar surface area (TPSA) is 24.9 Å². The third-order valence-corrected chi connectivity index (χ3v) is 12.0. The Kier molecular flexibility index (Phi) is 7.63. The third kappa shape index (κ3) is 5.31. The van der Waals surface area contributed by atoms with Crippen molar-refractivity contribution in [1.82, 2.24) is 0 Å². The van der Waals surface area contributed by atoms with Gasteiger partial charge in [-0.3, -0.25) is 0 Å². The van der Waals surface area contributed by atoms with E-state index in [-0.39, 0.29) is 0 Å². The number of hydrogen-bond donors (Lipinski definition) is 0. The Balaban J connectivity index is 1.22. The van der Waals surface area contributed by atoms with Gasteiger partial charge in [-0.2, -0.15) is 0 Å². The normalized spacial score (nSPS) is 12.7. The summed E-state index contributed by atoms with van der Waals surface area (Å²) >= 11 is 0. The summed E-state index contributed by atoms with van der Waals surface area (Å²) < 4.78 is 12.9. The van der Waals surface area contributed by atoms with Crippen LogP contribution in [0.3, 0.4) is 0 Å². The number of para-hydroxylation sites is 8. The summed E-state index contributed by atoms with van der Waals surface area (Å²) in [6, 6.07) is 69.7. The molecule has 0 atom stereocenters. The van der Waals surface area contributed by atoms with Gasteiger partial charge < -0.3 is 19.3 Å². The molecule has 0 radical (unpaired) electrons. The highest BCUT2D eigenvalue weighted by Gasteiger charge is 2.29. The molecule has 0 spiro atoms. The number of hydrogen-bond acceptors (Lipinski definition) is 4. The van der Waals surface area contributed by atoms with E-state index in [9.17, 15) is 0 Å². The van der Waals surface area contributed by atoms with Gasteiger partial charge in [0.25, 0.3) is 0 Å². The molecule has 12 rings (SSSR count). The zero-order valence-electron chi connectivity index (χ0n) is 33.2. The number of nitrogens with zero attached hydrogens (tertiary/aromatic N) is 2. The van der Waals surface area contributed by atoms with Crippen molar-refractivity contribution in [3.8, 4) is 45.3 Å². The molecular weight excluding hydrogens is 733 g/mol. The quantitative estimate of drug-likeness (QED) is 0.166. The molecule has 10 aromatic carbocycles. The highest BCUT2D eigenvalue weighted by molar-refractivity contribution is 6.24. The van der Waals surface area contributed by atoms with Gasteiger partial charge in [0.15, 0.2) is 23.0 Å². The predicted molar refractivity (Wildman–Crippen MR) is 249 cm³/mol. The molecule has 284 valence electrons. The summed E-state index contributed by atoms with van der Waals surface area (Å²) in [6.07, 6.45) is 0. The van der Waals surface area contributed by atoms with E-state index in [1.807, 2.05) is 24.3 Å². The zero-order valence-corrected chi connectivity index (χ0v) is 33.2. The minimum absolute atomic E-state index is 0.832. The van der Waals surface area contributed by atoms with E-state index in [0.717, 1.165) is 57.1 Å². The molecule has 0 saturated carbocycles. The minimum Gasteiger partial charge on any atom is -0.453 e. The third-order valence-electron chi connectivity index (χ3n) is 12.0. The van der Waals surface area contributed by atoms with Gasteiger partial charge in [0.2, 0.25) is 0 Å². The van der Waals surface area contributed by atoms with Crippen molar-refractivity contribution in [3.63, 3.8) is 0 Å². The van der Waals surface area contributed by atoms with Crippen molar-refractivity contribution in [1.29, 1.82) is 0 Å². The number of fused-ring (bicyclic) bond motifs is 7. The molecule has 2 heterocycles. The number of anilines is 6. The Morgan fingerprint density at radius 2 is 0.767 bits per heavy atom. The maximum absolute atomic E-state index is 6.47. The van der Waals surface area contributed by atoms with Crippen LogP contribution in [0.25, 0.3) is 54.6 Å². The highest BCUT2D eigenvalue weighted by Crippen LogP contribution is 2.55. The van der Waals surface area contributed by atoms with Crippen molar-refractivity contribution in [2.75, 3.05) is 9.80 Å². The first-order chi connectivity index (χ1) is 29.6. The molecule has 4 heteroatoms. The van der Waals surface area contributed by atoms with Crippen LogP contribution in [0.2, 0.25) is 0 Å². The van der Waals surface area contributed by atoms with Crippen molar-refractivity contribution in [2.45, 2.75) is 13.8 Å². The molecule has 60 heavy (non-hydrogen) atoms. The second-order valence-corrected chi connectivity index (χ2v) is 15.9. The van der Waals surface area contributed by atoms with Gasteiger partial charge in [0.05, 0.1) is 22.7 Å². The van der Waals surface area contributed by atoms with Gasteiger partial charge in [0, 0.05) is 11.4 Å². The van der Waals surface area contributed by atoms with Gasteiger partial charge in [-0.05, 0) is 141 Å². The Morgan fingerprint density at radius 1 is 0.333 bits per heavy atom. The molecule has 4 nitrogen and oxygen atoms in total. The first-order valence-electron chi connectivity index (χ1n) is 20.5. The average molecular weight is 771 g/mol. The SMILES string of the molecule is Cc1cc(C)cc(-c2c3cc(N4c5ccccc5Oc5ccccc54)ccc3c(-c3cccc4ccccc34)c3cc(N4c5ccccc5Oc5ccccc54)ccc23)c1. The molecule has 0 unspecified atom stereocenters.